The summed E-state index contributed by atoms with van der Waals surface area (Å²) in [6.45, 7) is 5.84. The number of morpholine rings is 1. The van der Waals surface area contributed by atoms with E-state index in [0.29, 0.717) is 22.9 Å². The number of aromatic nitrogens is 1. The van der Waals surface area contributed by atoms with Crippen molar-refractivity contribution >= 4 is 39.8 Å². The monoisotopic (exact) mass is 519 g/mol. The lowest BCUT2D eigenvalue weighted by molar-refractivity contribution is 0.0322. The predicted molar refractivity (Wildman–Crippen MR) is 146 cm³/mol. The zero-order chi connectivity index (χ0) is 25.6. The second kappa shape index (κ2) is 11.7. The molecule has 0 radical (unpaired) electrons. The number of ether oxygens (including phenoxy) is 3. The number of benzene rings is 3. The van der Waals surface area contributed by atoms with Gasteiger partial charge >= 0.3 is 5.97 Å². The van der Waals surface area contributed by atoms with Gasteiger partial charge in [-0.25, -0.2) is 4.79 Å². The van der Waals surface area contributed by atoms with E-state index in [1.54, 1.807) is 18.2 Å². The number of nitrogens with zero attached hydrogens (tertiary/aromatic N) is 2. The lowest BCUT2D eigenvalue weighted by Gasteiger charge is -2.26. The number of halogens is 1. The molecule has 1 aliphatic rings. The molecule has 0 spiro atoms. The van der Waals surface area contributed by atoms with E-state index in [9.17, 15) is 4.79 Å². The second-order valence-electron chi connectivity index (χ2n) is 8.97. The van der Waals surface area contributed by atoms with Crippen LogP contribution in [0.1, 0.15) is 15.9 Å². The van der Waals surface area contributed by atoms with Gasteiger partial charge in [-0.05, 0) is 60.2 Å². The maximum Gasteiger partial charge on any atom is 0.340 e. The molecule has 5 rings (SSSR count). The van der Waals surface area contributed by atoms with Crippen LogP contribution in [0.2, 0.25) is 5.02 Å². The van der Waals surface area contributed by atoms with E-state index in [2.05, 4.69) is 51.3 Å². The molecular weight excluding hydrogens is 490 g/mol. The average molecular weight is 520 g/mol. The van der Waals surface area contributed by atoms with Gasteiger partial charge in [-0.1, -0.05) is 23.7 Å². The molecule has 1 saturated heterocycles. The van der Waals surface area contributed by atoms with Crippen molar-refractivity contribution in [2.45, 2.75) is 6.54 Å². The van der Waals surface area contributed by atoms with Crippen LogP contribution in [0.5, 0.6) is 5.75 Å². The molecule has 1 fully saturated rings. The summed E-state index contributed by atoms with van der Waals surface area (Å²) in [6, 6.07) is 21.6. The lowest BCUT2D eigenvalue weighted by Crippen LogP contribution is -2.38. The van der Waals surface area contributed by atoms with Crippen molar-refractivity contribution in [1.29, 1.82) is 0 Å². The Morgan fingerprint density at radius 2 is 1.92 bits per heavy atom. The first-order valence-electron chi connectivity index (χ1n) is 12.3. The van der Waals surface area contributed by atoms with E-state index in [-0.39, 0.29) is 0 Å². The highest BCUT2D eigenvalue weighted by Crippen LogP contribution is 2.28. The zero-order valence-electron chi connectivity index (χ0n) is 20.8. The van der Waals surface area contributed by atoms with Crippen LogP contribution in [0, 0.1) is 0 Å². The zero-order valence-corrected chi connectivity index (χ0v) is 21.5. The lowest BCUT2D eigenvalue weighted by atomic mass is 10.1. The van der Waals surface area contributed by atoms with Gasteiger partial charge in [0.15, 0.2) is 0 Å². The topological polar surface area (TPSA) is 65.0 Å². The summed E-state index contributed by atoms with van der Waals surface area (Å²) in [5, 5.41) is 4.89. The number of rotatable bonds is 9. The Kier molecular flexibility index (Phi) is 7.94. The van der Waals surface area contributed by atoms with E-state index >= 15 is 0 Å². The summed E-state index contributed by atoms with van der Waals surface area (Å²) in [5.41, 5.74) is 4.19. The summed E-state index contributed by atoms with van der Waals surface area (Å²) in [4.78, 5) is 14.5. The first kappa shape index (κ1) is 25.1. The summed E-state index contributed by atoms with van der Waals surface area (Å²) in [7, 11) is 1.36. The molecule has 2 heterocycles. The van der Waals surface area contributed by atoms with Gasteiger partial charge in [-0.3, -0.25) is 4.90 Å². The number of methoxy groups -OCH3 is 1. The number of esters is 1. The van der Waals surface area contributed by atoms with Gasteiger partial charge < -0.3 is 24.1 Å². The Labute approximate surface area is 221 Å². The van der Waals surface area contributed by atoms with E-state index in [1.807, 2.05) is 18.2 Å². The molecule has 4 aromatic rings. The fourth-order valence-electron chi connectivity index (χ4n) is 4.52. The Morgan fingerprint density at radius 1 is 1.05 bits per heavy atom. The molecule has 37 heavy (non-hydrogen) atoms. The highest BCUT2D eigenvalue weighted by Gasteiger charge is 2.14. The van der Waals surface area contributed by atoms with Crippen LogP contribution < -0.4 is 10.1 Å². The van der Waals surface area contributed by atoms with Crippen LogP contribution in [-0.2, 0) is 16.0 Å². The van der Waals surface area contributed by atoms with Crippen LogP contribution in [0.4, 0.5) is 11.4 Å². The van der Waals surface area contributed by atoms with Gasteiger partial charge in [-0.15, -0.1) is 0 Å². The number of nitrogens with one attached hydrogen (secondary N) is 1. The van der Waals surface area contributed by atoms with E-state index in [1.165, 1.54) is 12.7 Å². The Balaban J connectivity index is 1.26. The molecule has 1 N–H and O–H groups in total. The molecule has 0 saturated carbocycles. The van der Waals surface area contributed by atoms with Crippen LogP contribution in [0.15, 0.2) is 72.9 Å². The SMILES string of the molecule is COC(=O)c1cc(Cl)ccc1Nc1ccc2c(ccn2Cc2cccc(OCCN3CCOCC3)c2)c1. The van der Waals surface area contributed by atoms with E-state index in [4.69, 9.17) is 25.8 Å². The number of anilines is 2. The van der Waals surface area contributed by atoms with Gasteiger partial charge in [0.1, 0.15) is 12.4 Å². The minimum absolute atomic E-state index is 0.389. The number of carbonyl (C=O) groups excluding carboxylic acids is 1. The molecule has 7 nitrogen and oxygen atoms in total. The van der Waals surface area contributed by atoms with Crippen molar-refractivity contribution < 1.29 is 19.0 Å². The molecule has 1 aliphatic heterocycles. The van der Waals surface area contributed by atoms with Crippen LogP contribution in [-0.4, -0.2) is 62.0 Å². The largest absolute Gasteiger partial charge is 0.492 e. The molecule has 0 atom stereocenters. The van der Waals surface area contributed by atoms with Crippen molar-refractivity contribution in [1.82, 2.24) is 9.47 Å². The maximum absolute atomic E-state index is 12.2. The van der Waals surface area contributed by atoms with Gasteiger partial charge in [-0.2, -0.15) is 0 Å². The molecule has 1 aromatic heterocycles. The third kappa shape index (κ3) is 6.25. The highest BCUT2D eigenvalue weighted by atomic mass is 35.5. The Hall–Kier alpha value is -3.52. The van der Waals surface area contributed by atoms with Crippen molar-refractivity contribution in [3.63, 3.8) is 0 Å². The van der Waals surface area contributed by atoms with Crippen molar-refractivity contribution in [3.05, 3.63) is 89.1 Å². The summed E-state index contributed by atoms with van der Waals surface area (Å²) in [5.74, 6) is 0.447. The van der Waals surface area contributed by atoms with Gasteiger partial charge in [0.2, 0.25) is 0 Å². The van der Waals surface area contributed by atoms with Crippen LogP contribution in [0.3, 0.4) is 0 Å². The standard InChI is InChI=1S/C29H30ClN3O4/c1-35-29(34)26-19-23(30)5-7-27(26)31-24-6-8-28-22(18-24)9-10-33(28)20-21-3-2-4-25(17-21)37-16-13-32-11-14-36-15-12-32/h2-10,17-19,31H,11-16,20H2,1H3. The Bertz CT molecular complexity index is 1380. The van der Waals surface area contributed by atoms with E-state index < -0.39 is 5.97 Å². The van der Waals surface area contributed by atoms with Crippen molar-refractivity contribution in [2.75, 3.05) is 51.9 Å². The van der Waals surface area contributed by atoms with Gasteiger partial charge in [0.25, 0.3) is 0 Å². The fraction of sp³-hybridized carbons (Fsp3) is 0.276. The first-order chi connectivity index (χ1) is 18.1. The predicted octanol–water partition coefficient (Wildman–Crippen LogP) is 5.58. The molecule has 192 valence electrons. The molecule has 0 bridgehead atoms. The number of carbonyl (C=O) groups is 1. The molecule has 3 aromatic carbocycles. The van der Waals surface area contributed by atoms with Crippen molar-refractivity contribution in [2.24, 2.45) is 0 Å². The van der Waals surface area contributed by atoms with E-state index in [0.717, 1.165) is 61.7 Å². The molecule has 0 unspecified atom stereocenters. The molecule has 0 aliphatic carbocycles. The normalized spacial score (nSPS) is 14.0. The number of hydrogen-bond acceptors (Lipinski definition) is 6. The summed E-state index contributed by atoms with van der Waals surface area (Å²) >= 11 is 6.08. The minimum atomic E-state index is -0.440. The van der Waals surface area contributed by atoms with Crippen LogP contribution >= 0.6 is 11.6 Å². The highest BCUT2D eigenvalue weighted by molar-refractivity contribution is 6.31. The van der Waals surface area contributed by atoms with Gasteiger partial charge in [0, 0.05) is 54.0 Å². The Morgan fingerprint density at radius 3 is 2.76 bits per heavy atom. The minimum Gasteiger partial charge on any atom is -0.492 e. The molecule has 8 heteroatoms. The smallest absolute Gasteiger partial charge is 0.340 e. The maximum atomic E-state index is 12.2. The first-order valence-corrected chi connectivity index (χ1v) is 12.7. The third-order valence-electron chi connectivity index (χ3n) is 6.47. The number of hydrogen-bond donors (Lipinski definition) is 1. The summed E-state index contributed by atoms with van der Waals surface area (Å²) in [6.07, 6.45) is 2.09. The quantitative estimate of drug-likeness (QED) is 0.291. The van der Waals surface area contributed by atoms with Crippen molar-refractivity contribution in [3.8, 4) is 5.75 Å². The fourth-order valence-corrected chi connectivity index (χ4v) is 4.70. The third-order valence-corrected chi connectivity index (χ3v) is 6.70. The molecular formula is C29H30ClN3O4. The number of fused-ring (bicyclic) bond motifs is 1. The van der Waals surface area contributed by atoms with Gasteiger partial charge in [0.05, 0.1) is 31.6 Å². The average Bonchev–Trinajstić information content (AvgIpc) is 3.32. The molecule has 0 amide bonds. The second-order valence-corrected chi connectivity index (χ2v) is 9.41. The van der Waals surface area contributed by atoms with Crippen LogP contribution in [0.25, 0.3) is 10.9 Å². The summed E-state index contributed by atoms with van der Waals surface area (Å²) < 4.78 is 18.6.